The van der Waals surface area contributed by atoms with E-state index < -0.39 is 0 Å². The summed E-state index contributed by atoms with van der Waals surface area (Å²) < 4.78 is 0. The summed E-state index contributed by atoms with van der Waals surface area (Å²) >= 11 is 0. The number of amides is 2. The number of aromatic amines is 1. The second kappa shape index (κ2) is 6.75. The topological polar surface area (TPSA) is 56.4 Å². The Kier molecular flexibility index (Phi) is 4.30. The van der Waals surface area contributed by atoms with Crippen LogP contribution in [-0.4, -0.2) is 34.8 Å². The smallest absolute Gasteiger partial charge is 0.243 e. The Morgan fingerprint density at radius 1 is 1.12 bits per heavy atom. The fourth-order valence-electron chi connectivity index (χ4n) is 4.02. The molecule has 4 rings (SSSR count). The lowest BCUT2D eigenvalue weighted by Crippen LogP contribution is -2.42. The van der Waals surface area contributed by atoms with Crippen molar-refractivity contribution in [3.05, 3.63) is 53.9 Å². The summed E-state index contributed by atoms with van der Waals surface area (Å²) in [7, 11) is 0. The van der Waals surface area contributed by atoms with E-state index in [1.807, 2.05) is 41.4 Å². The predicted molar refractivity (Wildman–Crippen MR) is 96.2 cm³/mol. The zero-order valence-electron chi connectivity index (χ0n) is 14.3. The van der Waals surface area contributed by atoms with Crippen molar-refractivity contribution in [2.24, 2.45) is 0 Å². The number of hydrogen-bond donors (Lipinski definition) is 1. The molecule has 0 unspecified atom stereocenters. The van der Waals surface area contributed by atoms with Gasteiger partial charge in [-0.1, -0.05) is 18.2 Å². The molecule has 5 nitrogen and oxygen atoms in total. The van der Waals surface area contributed by atoms with Crippen LogP contribution in [0.4, 0.5) is 5.69 Å². The number of benzene rings is 1. The highest BCUT2D eigenvalue weighted by molar-refractivity contribution is 6.00. The van der Waals surface area contributed by atoms with Gasteiger partial charge in [0.1, 0.15) is 6.54 Å². The number of carbonyl (C=O) groups is 2. The first-order chi connectivity index (χ1) is 12.2. The zero-order valence-corrected chi connectivity index (χ0v) is 14.3. The fourth-order valence-corrected chi connectivity index (χ4v) is 4.02. The highest BCUT2D eigenvalue weighted by atomic mass is 16.2. The second-order valence-corrected chi connectivity index (χ2v) is 6.83. The van der Waals surface area contributed by atoms with Gasteiger partial charge >= 0.3 is 0 Å². The molecule has 3 heterocycles. The van der Waals surface area contributed by atoms with Gasteiger partial charge in [0, 0.05) is 30.5 Å². The molecule has 1 fully saturated rings. The van der Waals surface area contributed by atoms with Crippen LogP contribution in [0, 0.1) is 0 Å². The molecule has 2 aliphatic heterocycles. The Labute approximate surface area is 147 Å². The first-order valence-electron chi connectivity index (χ1n) is 9.05. The van der Waals surface area contributed by atoms with Gasteiger partial charge in [-0.2, -0.15) is 0 Å². The zero-order chi connectivity index (χ0) is 17.2. The van der Waals surface area contributed by atoms with Crippen LogP contribution in [0.1, 0.15) is 43.0 Å². The minimum Gasteiger partial charge on any atom is -0.363 e. The summed E-state index contributed by atoms with van der Waals surface area (Å²) in [5, 5.41) is 0. The molecule has 0 radical (unpaired) electrons. The summed E-state index contributed by atoms with van der Waals surface area (Å²) in [5.74, 6) is 0.0797. The monoisotopic (exact) mass is 337 g/mol. The Bertz CT molecular complexity index is 769. The lowest BCUT2D eigenvalue weighted by molar-refractivity contribution is -0.132. The molecule has 130 valence electrons. The third-order valence-corrected chi connectivity index (χ3v) is 5.27. The molecule has 25 heavy (non-hydrogen) atoms. The molecule has 0 bridgehead atoms. The first kappa shape index (κ1) is 15.9. The van der Waals surface area contributed by atoms with Gasteiger partial charge in [-0.15, -0.1) is 0 Å². The van der Waals surface area contributed by atoms with Crippen molar-refractivity contribution in [1.29, 1.82) is 0 Å². The number of likely N-dealkylation sites (tertiary alicyclic amines) is 1. The summed E-state index contributed by atoms with van der Waals surface area (Å²) in [5.41, 5.74) is 3.13. The van der Waals surface area contributed by atoms with Crippen molar-refractivity contribution in [2.45, 2.75) is 38.1 Å². The highest BCUT2D eigenvalue weighted by Crippen LogP contribution is 2.32. The number of rotatable bonds is 3. The number of nitrogens with one attached hydrogen (secondary N) is 1. The maximum atomic E-state index is 13.0. The van der Waals surface area contributed by atoms with Gasteiger partial charge in [0.05, 0.1) is 6.04 Å². The maximum Gasteiger partial charge on any atom is 0.243 e. The molecular weight excluding hydrogens is 314 g/mol. The van der Waals surface area contributed by atoms with E-state index in [0.29, 0.717) is 6.42 Å². The van der Waals surface area contributed by atoms with Crippen LogP contribution in [0.3, 0.4) is 0 Å². The van der Waals surface area contributed by atoms with E-state index in [2.05, 4.69) is 11.1 Å². The Balaban J connectivity index is 1.56. The highest BCUT2D eigenvalue weighted by Gasteiger charge is 2.33. The largest absolute Gasteiger partial charge is 0.363 e. The molecule has 0 saturated carbocycles. The standard InChI is InChI=1S/C20H23N3O2/c24-19-11-3-7-15-6-1-2-9-17(15)23(19)14-20(25)22-13-5-10-18(22)16-8-4-12-21-16/h1-2,4,6,8-9,12,18,21H,3,5,7,10-11,13-14H2/t18-/m0/s1. The number of nitrogens with zero attached hydrogens (tertiary/aromatic N) is 2. The summed E-state index contributed by atoms with van der Waals surface area (Å²) in [6.45, 7) is 0.888. The molecule has 1 N–H and O–H groups in total. The molecule has 5 heteroatoms. The molecule has 2 aromatic rings. The lowest BCUT2D eigenvalue weighted by atomic mass is 10.1. The van der Waals surface area contributed by atoms with Crippen molar-refractivity contribution in [2.75, 3.05) is 18.0 Å². The van der Waals surface area contributed by atoms with Gasteiger partial charge in [-0.05, 0) is 49.4 Å². The Morgan fingerprint density at radius 2 is 2.00 bits per heavy atom. The number of hydrogen-bond acceptors (Lipinski definition) is 2. The van der Waals surface area contributed by atoms with Crippen LogP contribution in [0.25, 0.3) is 0 Å². The number of carbonyl (C=O) groups excluding carboxylic acids is 2. The Hall–Kier alpha value is -2.56. The molecule has 1 atom stereocenters. The van der Waals surface area contributed by atoms with Crippen LogP contribution in [0.2, 0.25) is 0 Å². The SMILES string of the molecule is O=C1CCCc2ccccc2N1CC(=O)N1CCC[C@H]1c1ccc[nH]1. The van der Waals surface area contributed by atoms with Gasteiger partial charge in [-0.3, -0.25) is 9.59 Å². The molecule has 1 aromatic heterocycles. The van der Waals surface area contributed by atoms with E-state index in [-0.39, 0.29) is 24.4 Å². The van der Waals surface area contributed by atoms with E-state index in [4.69, 9.17) is 0 Å². The maximum absolute atomic E-state index is 13.0. The van der Waals surface area contributed by atoms with Gasteiger partial charge < -0.3 is 14.8 Å². The van der Waals surface area contributed by atoms with Crippen LogP contribution >= 0.6 is 0 Å². The molecule has 0 spiro atoms. The van der Waals surface area contributed by atoms with Gasteiger partial charge in [-0.25, -0.2) is 0 Å². The van der Waals surface area contributed by atoms with Gasteiger partial charge in [0.15, 0.2) is 0 Å². The minimum atomic E-state index is 0.0298. The average molecular weight is 337 g/mol. The molecule has 2 aliphatic rings. The molecular formula is C20H23N3O2. The van der Waals surface area contributed by atoms with Crippen molar-refractivity contribution < 1.29 is 9.59 Å². The fraction of sp³-hybridized carbons (Fsp3) is 0.400. The normalized spacial score (nSPS) is 20.5. The molecule has 1 saturated heterocycles. The third kappa shape index (κ3) is 3.06. The number of anilines is 1. The summed E-state index contributed by atoms with van der Waals surface area (Å²) in [6.07, 6.45) is 6.10. The van der Waals surface area contributed by atoms with Crippen LogP contribution in [-0.2, 0) is 16.0 Å². The minimum absolute atomic E-state index is 0.0298. The van der Waals surface area contributed by atoms with Crippen molar-refractivity contribution >= 4 is 17.5 Å². The van der Waals surface area contributed by atoms with E-state index >= 15 is 0 Å². The number of fused-ring (bicyclic) bond motifs is 1. The predicted octanol–water partition coefficient (Wildman–Crippen LogP) is 3.05. The molecule has 2 amide bonds. The van der Waals surface area contributed by atoms with Crippen LogP contribution in [0.5, 0.6) is 0 Å². The second-order valence-electron chi connectivity index (χ2n) is 6.83. The third-order valence-electron chi connectivity index (χ3n) is 5.27. The number of H-pyrrole nitrogens is 1. The average Bonchev–Trinajstić information content (AvgIpc) is 3.28. The molecule has 0 aliphatic carbocycles. The van der Waals surface area contributed by atoms with E-state index in [1.165, 1.54) is 0 Å². The van der Waals surface area contributed by atoms with Gasteiger partial charge in [0.2, 0.25) is 11.8 Å². The van der Waals surface area contributed by atoms with Crippen LogP contribution in [0.15, 0.2) is 42.6 Å². The summed E-state index contributed by atoms with van der Waals surface area (Å²) in [6, 6.07) is 12.0. The number of aromatic nitrogens is 1. The van der Waals surface area contributed by atoms with Crippen molar-refractivity contribution in [3.63, 3.8) is 0 Å². The van der Waals surface area contributed by atoms with E-state index in [0.717, 1.165) is 49.2 Å². The van der Waals surface area contributed by atoms with Crippen molar-refractivity contribution in [1.82, 2.24) is 9.88 Å². The first-order valence-corrected chi connectivity index (χ1v) is 9.05. The van der Waals surface area contributed by atoms with Crippen molar-refractivity contribution in [3.8, 4) is 0 Å². The number of para-hydroxylation sites is 1. The summed E-state index contributed by atoms with van der Waals surface area (Å²) in [4.78, 5) is 32.4. The van der Waals surface area contributed by atoms with Crippen LogP contribution < -0.4 is 4.90 Å². The van der Waals surface area contributed by atoms with E-state index in [9.17, 15) is 9.59 Å². The Morgan fingerprint density at radius 3 is 2.84 bits per heavy atom. The van der Waals surface area contributed by atoms with E-state index in [1.54, 1.807) is 4.90 Å². The van der Waals surface area contributed by atoms with Gasteiger partial charge in [0.25, 0.3) is 0 Å². The number of aryl methyl sites for hydroxylation is 1. The lowest BCUT2D eigenvalue weighted by Gasteiger charge is -2.28. The quantitative estimate of drug-likeness (QED) is 0.936. The molecule has 1 aromatic carbocycles.